The summed E-state index contributed by atoms with van der Waals surface area (Å²) < 4.78 is 6.23. The summed E-state index contributed by atoms with van der Waals surface area (Å²) in [6.45, 7) is 3.49. The predicted molar refractivity (Wildman–Crippen MR) is 74.5 cm³/mol. The van der Waals surface area contributed by atoms with Crippen LogP contribution in [0, 0.1) is 0 Å². The zero-order valence-electron chi connectivity index (χ0n) is 12.2. The van der Waals surface area contributed by atoms with Crippen LogP contribution in [0.1, 0.15) is 30.8 Å². The predicted octanol–water partition coefficient (Wildman–Crippen LogP) is -0.518. The number of esters is 1. The molecule has 1 rings (SSSR count). The Balaban J connectivity index is 2.77. The molecule has 0 spiro atoms. The van der Waals surface area contributed by atoms with Crippen molar-refractivity contribution >= 4 is 17.8 Å². The van der Waals surface area contributed by atoms with E-state index in [1.165, 1.54) is 24.0 Å². The van der Waals surface area contributed by atoms with Gasteiger partial charge in [-0.15, -0.1) is 0 Å². The van der Waals surface area contributed by atoms with Gasteiger partial charge in [0.25, 0.3) is 0 Å². The summed E-state index contributed by atoms with van der Waals surface area (Å²) >= 11 is 0. The van der Waals surface area contributed by atoms with Crippen LogP contribution in [0.5, 0.6) is 0 Å². The van der Waals surface area contributed by atoms with Crippen molar-refractivity contribution in [3.05, 3.63) is 18.2 Å². The number of hydrogen-bond donors (Lipinski definition) is 2. The van der Waals surface area contributed by atoms with E-state index in [4.69, 9.17) is 10.5 Å². The molecule has 0 aliphatic rings. The fourth-order valence-electron chi connectivity index (χ4n) is 1.68. The van der Waals surface area contributed by atoms with Gasteiger partial charge in [0.15, 0.2) is 0 Å². The van der Waals surface area contributed by atoms with E-state index < -0.39 is 12.0 Å². The smallest absolute Gasteiger partial charge is 0.329 e. The van der Waals surface area contributed by atoms with E-state index in [-0.39, 0.29) is 37.8 Å². The van der Waals surface area contributed by atoms with Gasteiger partial charge >= 0.3 is 5.97 Å². The number of nitrogens with two attached hydrogens (primary N) is 1. The van der Waals surface area contributed by atoms with Crippen LogP contribution in [0.2, 0.25) is 0 Å². The first kappa shape index (κ1) is 16.8. The summed E-state index contributed by atoms with van der Waals surface area (Å²) in [5, 5.41) is 2.56. The van der Waals surface area contributed by atoms with Crippen LogP contribution in [0.15, 0.2) is 12.5 Å². The maximum absolute atomic E-state index is 11.9. The highest BCUT2D eigenvalue weighted by atomic mass is 16.5. The molecular formula is C13H20N4O4. The van der Waals surface area contributed by atoms with Crippen LogP contribution in [0.3, 0.4) is 0 Å². The molecule has 21 heavy (non-hydrogen) atoms. The molecule has 1 amide bonds. The van der Waals surface area contributed by atoms with E-state index in [2.05, 4.69) is 10.3 Å². The van der Waals surface area contributed by atoms with Crippen LogP contribution in [0.4, 0.5) is 0 Å². The second kappa shape index (κ2) is 8.15. The molecule has 0 aliphatic carbocycles. The zero-order chi connectivity index (χ0) is 15.8. The fourth-order valence-corrected chi connectivity index (χ4v) is 1.68. The van der Waals surface area contributed by atoms with Gasteiger partial charge in [0, 0.05) is 32.5 Å². The van der Waals surface area contributed by atoms with Gasteiger partial charge in [-0.2, -0.15) is 0 Å². The molecule has 0 fully saturated rings. The first-order valence-corrected chi connectivity index (χ1v) is 6.67. The highest BCUT2D eigenvalue weighted by molar-refractivity contribution is 5.84. The SMILES string of the molecule is CCOC(=O)[C@@H](Cc1cn(C(C)=O)cn1)NC(=O)CCN. The molecule has 0 aliphatic heterocycles. The number of amides is 1. The minimum absolute atomic E-state index is 0.123. The Bertz CT molecular complexity index is 512. The summed E-state index contributed by atoms with van der Waals surface area (Å²) in [6, 6.07) is -0.848. The van der Waals surface area contributed by atoms with E-state index in [1.807, 2.05) is 0 Å². The highest BCUT2D eigenvalue weighted by Gasteiger charge is 2.23. The molecule has 8 heteroatoms. The average Bonchev–Trinajstić information content (AvgIpc) is 2.87. The minimum atomic E-state index is -0.848. The molecule has 1 heterocycles. The number of rotatable bonds is 7. The first-order chi connectivity index (χ1) is 9.97. The Morgan fingerprint density at radius 2 is 2.19 bits per heavy atom. The third kappa shape index (κ3) is 5.35. The van der Waals surface area contributed by atoms with Gasteiger partial charge in [-0.3, -0.25) is 14.2 Å². The molecule has 0 unspecified atom stereocenters. The molecule has 0 bridgehead atoms. The maximum atomic E-state index is 11.9. The molecule has 0 saturated carbocycles. The minimum Gasteiger partial charge on any atom is -0.464 e. The fraction of sp³-hybridized carbons (Fsp3) is 0.538. The number of carbonyl (C=O) groups is 3. The molecular weight excluding hydrogens is 276 g/mol. The molecule has 1 aromatic rings. The molecule has 3 N–H and O–H groups in total. The van der Waals surface area contributed by atoms with Crippen LogP contribution >= 0.6 is 0 Å². The number of carbonyl (C=O) groups excluding carboxylic acids is 3. The number of nitrogens with zero attached hydrogens (tertiary/aromatic N) is 2. The second-order valence-electron chi connectivity index (χ2n) is 4.41. The summed E-state index contributed by atoms with van der Waals surface area (Å²) in [4.78, 5) is 38.7. The normalized spacial score (nSPS) is 11.8. The lowest BCUT2D eigenvalue weighted by Crippen LogP contribution is -2.44. The van der Waals surface area contributed by atoms with Crippen molar-refractivity contribution in [2.75, 3.05) is 13.2 Å². The Labute approximate surface area is 122 Å². The van der Waals surface area contributed by atoms with Crippen molar-refractivity contribution in [2.24, 2.45) is 5.73 Å². The molecule has 116 valence electrons. The molecule has 0 radical (unpaired) electrons. The van der Waals surface area contributed by atoms with Crippen molar-refractivity contribution in [1.29, 1.82) is 0 Å². The monoisotopic (exact) mass is 296 g/mol. The Hall–Kier alpha value is -2.22. The van der Waals surface area contributed by atoms with Crippen molar-refractivity contribution in [2.45, 2.75) is 32.7 Å². The van der Waals surface area contributed by atoms with Gasteiger partial charge < -0.3 is 15.8 Å². The lowest BCUT2D eigenvalue weighted by Gasteiger charge is -2.16. The van der Waals surface area contributed by atoms with E-state index >= 15 is 0 Å². The summed E-state index contributed by atoms with van der Waals surface area (Å²) in [6.07, 6.45) is 3.15. The van der Waals surface area contributed by atoms with Gasteiger partial charge in [-0.05, 0) is 6.92 Å². The number of aromatic nitrogens is 2. The number of ether oxygens (including phenoxy) is 1. The van der Waals surface area contributed by atoms with E-state index in [1.54, 1.807) is 6.92 Å². The standard InChI is InChI=1S/C13H20N4O4/c1-3-21-13(20)11(16-12(19)4-5-14)6-10-7-17(8-15-10)9(2)18/h7-8,11H,3-6,14H2,1-2H3,(H,16,19)/t11-/m1/s1. The third-order valence-corrected chi connectivity index (χ3v) is 2.69. The van der Waals surface area contributed by atoms with Crippen LogP contribution in [-0.2, 0) is 20.7 Å². The first-order valence-electron chi connectivity index (χ1n) is 6.67. The maximum Gasteiger partial charge on any atom is 0.329 e. The van der Waals surface area contributed by atoms with Crippen molar-refractivity contribution < 1.29 is 19.1 Å². The van der Waals surface area contributed by atoms with Crippen LogP contribution in [0.25, 0.3) is 0 Å². The number of imidazole rings is 1. The van der Waals surface area contributed by atoms with E-state index in [0.29, 0.717) is 5.69 Å². The molecule has 8 nitrogen and oxygen atoms in total. The highest BCUT2D eigenvalue weighted by Crippen LogP contribution is 2.04. The van der Waals surface area contributed by atoms with Crippen LogP contribution < -0.4 is 11.1 Å². The molecule has 1 atom stereocenters. The summed E-state index contributed by atoms with van der Waals surface area (Å²) in [5.74, 6) is -1.06. The number of hydrogen-bond acceptors (Lipinski definition) is 6. The Kier molecular flexibility index (Phi) is 6.54. The van der Waals surface area contributed by atoms with E-state index in [9.17, 15) is 14.4 Å². The quantitative estimate of drug-likeness (QED) is 0.654. The van der Waals surface area contributed by atoms with Gasteiger partial charge in [-0.1, -0.05) is 0 Å². The largest absolute Gasteiger partial charge is 0.464 e. The number of nitrogens with one attached hydrogen (secondary N) is 1. The molecule has 0 aromatic carbocycles. The van der Waals surface area contributed by atoms with E-state index in [0.717, 1.165) is 0 Å². The second-order valence-corrected chi connectivity index (χ2v) is 4.41. The lowest BCUT2D eigenvalue weighted by atomic mass is 10.1. The molecule has 0 saturated heterocycles. The van der Waals surface area contributed by atoms with Gasteiger partial charge in [0.1, 0.15) is 12.4 Å². The van der Waals surface area contributed by atoms with Gasteiger partial charge in [-0.25, -0.2) is 9.78 Å². The van der Waals surface area contributed by atoms with Crippen LogP contribution in [-0.4, -0.2) is 46.5 Å². The topological polar surface area (TPSA) is 116 Å². The van der Waals surface area contributed by atoms with Crippen molar-refractivity contribution in [3.8, 4) is 0 Å². The third-order valence-electron chi connectivity index (χ3n) is 2.69. The Morgan fingerprint density at radius 1 is 1.48 bits per heavy atom. The van der Waals surface area contributed by atoms with Gasteiger partial charge in [0.05, 0.1) is 12.3 Å². The lowest BCUT2D eigenvalue weighted by molar-refractivity contribution is -0.147. The average molecular weight is 296 g/mol. The van der Waals surface area contributed by atoms with Gasteiger partial charge in [0.2, 0.25) is 11.8 Å². The summed E-state index contributed by atoms with van der Waals surface area (Å²) in [7, 11) is 0. The summed E-state index contributed by atoms with van der Waals surface area (Å²) in [5.41, 5.74) is 5.81. The zero-order valence-corrected chi connectivity index (χ0v) is 12.2. The van der Waals surface area contributed by atoms with Crippen molar-refractivity contribution in [1.82, 2.24) is 14.9 Å². The Morgan fingerprint density at radius 3 is 2.71 bits per heavy atom. The molecule has 1 aromatic heterocycles. The van der Waals surface area contributed by atoms with Crippen molar-refractivity contribution in [3.63, 3.8) is 0 Å².